The first-order valence-corrected chi connectivity index (χ1v) is 7.68. The zero-order chi connectivity index (χ0) is 17.9. The normalized spacial score (nSPS) is 12.0. The van der Waals surface area contributed by atoms with Gasteiger partial charge in [0.2, 0.25) is 0 Å². The SMILES string of the molecule is Cc1cc(C)n(C[C@H](C)CNC(=O)c2cc([N+](=O)[O-])cnc2C)n1. The minimum atomic E-state index is -0.561. The van der Waals surface area contributed by atoms with Gasteiger partial charge < -0.3 is 5.32 Å². The number of hydrogen-bond acceptors (Lipinski definition) is 5. The molecule has 0 saturated carbocycles. The number of carbonyl (C=O) groups is 1. The van der Waals surface area contributed by atoms with Gasteiger partial charge in [-0.15, -0.1) is 0 Å². The van der Waals surface area contributed by atoms with E-state index in [4.69, 9.17) is 0 Å². The zero-order valence-electron chi connectivity index (χ0n) is 14.2. The van der Waals surface area contributed by atoms with Gasteiger partial charge in [-0.1, -0.05) is 6.92 Å². The van der Waals surface area contributed by atoms with Crippen LogP contribution >= 0.6 is 0 Å². The number of pyridine rings is 1. The number of carbonyl (C=O) groups excluding carboxylic acids is 1. The molecule has 0 fully saturated rings. The van der Waals surface area contributed by atoms with E-state index in [-0.39, 0.29) is 23.1 Å². The first kappa shape index (κ1) is 17.6. The monoisotopic (exact) mass is 331 g/mol. The minimum Gasteiger partial charge on any atom is -0.352 e. The highest BCUT2D eigenvalue weighted by Crippen LogP contribution is 2.14. The maximum absolute atomic E-state index is 12.3. The second kappa shape index (κ2) is 7.20. The molecule has 8 heteroatoms. The Balaban J connectivity index is 1.99. The Bertz CT molecular complexity index is 769. The molecule has 1 N–H and O–H groups in total. The lowest BCUT2D eigenvalue weighted by atomic mass is 10.1. The molecule has 0 unspecified atom stereocenters. The zero-order valence-corrected chi connectivity index (χ0v) is 14.2. The van der Waals surface area contributed by atoms with Crippen molar-refractivity contribution in [2.75, 3.05) is 6.54 Å². The minimum absolute atomic E-state index is 0.166. The van der Waals surface area contributed by atoms with E-state index in [9.17, 15) is 14.9 Å². The molecule has 0 aliphatic carbocycles. The molecule has 2 aromatic rings. The third-order valence-electron chi connectivity index (χ3n) is 3.73. The van der Waals surface area contributed by atoms with E-state index < -0.39 is 4.92 Å². The van der Waals surface area contributed by atoms with Crippen molar-refractivity contribution in [1.82, 2.24) is 20.1 Å². The predicted molar refractivity (Wildman–Crippen MR) is 88.8 cm³/mol. The van der Waals surface area contributed by atoms with Gasteiger partial charge in [-0.05, 0) is 32.8 Å². The summed E-state index contributed by atoms with van der Waals surface area (Å²) in [5.74, 6) is -0.192. The van der Waals surface area contributed by atoms with E-state index in [0.717, 1.165) is 17.6 Å². The van der Waals surface area contributed by atoms with E-state index in [1.807, 2.05) is 31.5 Å². The maximum atomic E-state index is 12.3. The molecule has 0 aliphatic heterocycles. The second-order valence-corrected chi connectivity index (χ2v) is 6.01. The van der Waals surface area contributed by atoms with Crippen molar-refractivity contribution in [3.8, 4) is 0 Å². The fourth-order valence-corrected chi connectivity index (χ4v) is 2.43. The Morgan fingerprint density at radius 2 is 2.08 bits per heavy atom. The van der Waals surface area contributed by atoms with Gasteiger partial charge in [-0.2, -0.15) is 5.10 Å². The van der Waals surface area contributed by atoms with E-state index >= 15 is 0 Å². The molecular weight excluding hydrogens is 310 g/mol. The van der Waals surface area contributed by atoms with Gasteiger partial charge in [0, 0.05) is 24.8 Å². The van der Waals surface area contributed by atoms with Crippen LogP contribution in [0.2, 0.25) is 0 Å². The molecule has 0 bridgehead atoms. The molecule has 0 saturated heterocycles. The Hall–Kier alpha value is -2.77. The van der Waals surface area contributed by atoms with Crippen molar-refractivity contribution in [3.05, 3.63) is 51.1 Å². The Kier molecular flexibility index (Phi) is 5.28. The van der Waals surface area contributed by atoms with Crippen LogP contribution in [0, 0.1) is 36.8 Å². The number of amides is 1. The molecule has 0 spiro atoms. The predicted octanol–water partition coefficient (Wildman–Crippen LogP) is 2.18. The van der Waals surface area contributed by atoms with Crippen LogP contribution in [0.1, 0.15) is 34.4 Å². The highest BCUT2D eigenvalue weighted by atomic mass is 16.6. The van der Waals surface area contributed by atoms with Gasteiger partial charge >= 0.3 is 0 Å². The molecule has 1 amide bonds. The summed E-state index contributed by atoms with van der Waals surface area (Å²) in [7, 11) is 0. The standard InChI is InChI=1S/C16H21N5O3/c1-10(9-20-12(3)5-11(2)19-20)7-18-16(22)15-6-14(21(23)24)8-17-13(15)4/h5-6,8,10H,7,9H2,1-4H3,(H,18,22)/t10-/m1/s1. The van der Waals surface area contributed by atoms with Gasteiger partial charge in [-0.3, -0.25) is 24.6 Å². The molecule has 2 rings (SSSR count). The van der Waals surface area contributed by atoms with Crippen LogP contribution in [0.5, 0.6) is 0 Å². The van der Waals surface area contributed by atoms with Crippen LogP contribution in [-0.4, -0.2) is 32.1 Å². The third kappa shape index (κ3) is 4.15. The Morgan fingerprint density at radius 3 is 2.67 bits per heavy atom. The second-order valence-electron chi connectivity index (χ2n) is 6.01. The molecule has 2 heterocycles. The molecule has 0 radical (unpaired) electrons. The Labute approximate surface area is 140 Å². The summed E-state index contributed by atoms with van der Waals surface area (Å²) in [5, 5.41) is 18.0. The largest absolute Gasteiger partial charge is 0.352 e. The molecule has 0 aromatic carbocycles. The van der Waals surface area contributed by atoms with Crippen molar-refractivity contribution < 1.29 is 9.72 Å². The summed E-state index contributed by atoms with van der Waals surface area (Å²) in [5.41, 5.74) is 2.53. The van der Waals surface area contributed by atoms with Gasteiger partial charge in [0.15, 0.2) is 0 Å². The molecule has 8 nitrogen and oxygen atoms in total. The van der Waals surface area contributed by atoms with Gasteiger partial charge in [-0.25, -0.2) is 0 Å². The van der Waals surface area contributed by atoms with Crippen molar-refractivity contribution in [2.24, 2.45) is 5.92 Å². The fraction of sp³-hybridized carbons (Fsp3) is 0.438. The van der Waals surface area contributed by atoms with Crippen LogP contribution in [0.25, 0.3) is 0 Å². The molecular formula is C16H21N5O3. The Morgan fingerprint density at radius 1 is 1.38 bits per heavy atom. The quantitative estimate of drug-likeness (QED) is 0.645. The van der Waals surface area contributed by atoms with E-state index in [1.54, 1.807) is 6.92 Å². The molecule has 2 aromatic heterocycles. The maximum Gasteiger partial charge on any atom is 0.288 e. The van der Waals surface area contributed by atoms with Crippen molar-refractivity contribution in [1.29, 1.82) is 0 Å². The number of hydrogen-bond donors (Lipinski definition) is 1. The van der Waals surface area contributed by atoms with Crippen LogP contribution in [-0.2, 0) is 6.54 Å². The summed E-state index contributed by atoms with van der Waals surface area (Å²) < 4.78 is 1.91. The molecule has 0 aliphatic rings. The molecule has 1 atom stereocenters. The lowest BCUT2D eigenvalue weighted by molar-refractivity contribution is -0.385. The number of rotatable bonds is 6. The number of nitrogens with one attached hydrogen (secondary N) is 1. The topological polar surface area (TPSA) is 103 Å². The van der Waals surface area contributed by atoms with E-state index in [2.05, 4.69) is 15.4 Å². The van der Waals surface area contributed by atoms with Crippen LogP contribution < -0.4 is 5.32 Å². The molecule has 128 valence electrons. The van der Waals surface area contributed by atoms with Gasteiger partial charge in [0.25, 0.3) is 11.6 Å². The summed E-state index contributed by atoms with van der Waals surface area (Å²) in [6.07, 6.45) is 1.15. The average Bonchev–Trinajstić information content (AvgIpc) is 2.82. The lowest BCUT2D eigenvalue weighted by Gasteiger charge is -2.14. The first-order valence-electron chi connectivity index (χ1n) is 7.68. The van der Waals surface area contributed by atoms with E-state index in [0.29, 0.717) is 18.8 Å². The number of nitrogens with zero attached hydrogens (tertiary/aromatic N) is 4. The fourth-order valence-electron chi connectivity index (χ4n) is 2.43. The van der Waals surface area contributed by atoms with Gasteiger partial charge in [0.1, 0.15) is 6.20 Å². The van der Waals surface area contributed by atoms with E-state index in [1.165, 1.54) is 6.07 Å². The summed E-state index contributed by atoms with van der Waals surface area (Å²) in [6, 6.07) is 3.26. The summed E-state index contributed by atoms with van der Waals surface area (Å²) >= 11 is 0. The smallest absolute Gasteiger partial charge is 0.288 e. The average molecular weight is 331 g/mol. The van der Waals surface area contributed by atoms with Crippen LogP contribution in [0.15, 0.2) is 18.3 Å². The number of nitro groups is 1. The van der Waals surface area contributed by atoms with Crippen molar-refractivity contribution >= 4 is 11.6 Å². The highest BCUT2D eigenvalue weighted by Gasteiger charge is 2.16. The number of aryl methyl sites for hydroxylation is 3. The highest BCUT2D eigenvalue weighted by molar-refractivity contribution is 5.95. The number of aromatic nitrogens is 3. The molecule has 24 heavy (non-hydrogen) atoms. The third-order valence-corrected chi connectivity index (χ3v) is 3.73. The summed E-state index contributed by atoms with van der Waals surface area (Å²) in [4.78, 5) is 26.4. The van der Waals surface area contributed by atoms with Crippen LogP contribution in [0.3, 0.4) is 0 Å². The van der Waals surface area contributed by atoms with Crippen molar-refractivity contribution in [3.63, 3.8) is 0 Å². The van der Waals surface area contributed by atoms with Crippen molar-refractivity contribution in [2.45, 2.75) is 34.2 Å². The summed E-state index contributed by atoms with van der Waals surface area (Å²) in [6.45, 7) is 8.72. The first-order chi connectivity index (χ1) is 11.3. The van der Waals surface area contributed by atoms with Crippen LogP contribution in [0.4, 0.5) is 5.69 Å². The lowest BCUT2D eigenvalue weighted by Crippen LogP contribution is -2.31. The van der Waals surface area contributed by atoms with Gasteiger partial charge in [0.05, 0.1) is 21.9 Å².